The largest absolute Gasteiger partial charge is 0.292 e. The predicted octanol–water partition coefficient (Wildman–Crippen LogP) is 5.87. The van der Waals surface area contributed by atoms with Gasteiger partial charge in [0.1, 0.15) is 7.47 Å². The maximum Gasteiger partial charge on any atom is 0.187 e. The minimum absolute atomic E-state index is 0.00138. The fourth-order valence-corrected chi connectivity index (χ4v) is 3.12. The van der Waals surface area contributed by atoms with Crippen LogP contribution in [0.2, 0.25) is 0 Å². The van der Waals surface area contributed by atoms with Gasteiger partial charge in [-0.25, -0.2) is 0 Å². The van der Waals surface area contributed by atoms with Crippen LogP contribution in [-0.4, -0.2) is 19.0 Å². The summed E-state index contributed by atoms with van der Waals surface area (Å²) >= 11 is 12.8. The molecule has 6 heteroatoms. The van der Waals surface area contributed by atoms with Crippen molar-refractivity contribution in [1.29, 1.82) is 0 Å². The first kappa shape index (κ1) is 19.0. The van der Waals surface area contributed by atoms with Crippen molar-refractivity contribution in [3.63, 3.8) is 0 Å². The van der Waals surface area contributed by atoms with Crippen molar-refractivity contribution >= 4 is 75.3 Å². The lowest BCUT2D eigenvalue weighted by atomic mass is 10.0. The van der Waals surface area contributed by atoms with Crippen molar-refractivity contribution in [3.8, 4) is 0 Å². The standard InChI is InChI=1S/C17H12Br4O2/c18-16(19)14(22)12-5-1-10(2-6-12)9-11-3-7-13(8-4-11)15(23)17(20)21/h1-8,16-17H,9H2. The molecule has 0 N–H and O–H groups in total. The fraction of sp³-hybridized carbons (Fsp3) is 0.176. The molecule has 0 spiro atoms. The molecule has 0 atom stereocenters. The normalized spacial score (nSPS) is 11.0. The number of hydrogen-bond acceptors (Lipinski definition) is 2. The Hall–Kier alpha value is -0.300. The molecule has 0 heterocycles. The highest BCUT2D eigenvalue weighted by Gasteiger charge is 2.14. The Morgan fingerprint density at radius 2 is 0.957 bits per heavy atom. The smallest absolute Gasteiger partial charge is 0.187 e. The highest BCUT2D eigenvalue weighted by atomic mass is 79.9. The lowest BCUT2D eigenvalue weighted by Crippen LogP contribution is -2.07. The summed E-state index contributed by atoms with van der Waals surface area (Å²) < 4.78 is -0.725. The third-order valence-electron chi connectivity index (χ3n) is 3.28. The van der Waals surface area contributed by atoms with Gasteiger partial charge in [-0.05, 0) is 17.5 Å². The van der Waals surface area contributed by atoms with E-state index in [1.165, 1.54) is 0 Å². The van der Waals surface area contributed by atoms with Crippen molar-refractivity contribution in [2.75, 3.05) is 0 Å². The summed E-state index contributed by atoms with van der Waals surface area (Å²) in [5.74, 6) is -0.00275. The highest BCUT2D eigenvalue weighted by molar-refractivity contribution is 9.25. The SMILES string of the molecule is O=C(c1ccc(Cc2ccc(C(=O)C(Br)Br)cc2)cc1)C(Br)Br. The van der Waals surface area contributed by atoms with Gasteiger partial charge < -0.3 is 0 Å². The Bertz CT molecular complexity index is 630. The second-order valence-electron chi connectivity index (χ2n) is 4.90. The van der Waals surface area contributed by atoms with Crippen molar-refractivity contribution in [2.45, 2.75) is 13.9 Å². The molecule has 0 unspecified atom stereocenters. The number of halogens is 4. The molecule has 0 saturated heterocycles. The first-order chi connectivity index (χ1) is 10.9. The summed E-state index contributed by atoms with van der Waals surface area (Å²) in [6, 6.07) is 15.1. The molecule has 2 nitrogen and oxygen atoms in total. The zero-order valence-corrected chi connectivity index (χ0v) is 18.2. The Morgan fingerprint density at radius 1 is 0.652 bits per heavy atom. The van der Waals surface area contributed by atoms with Crippen LogP contribution in [0.4, 0.5) is 0 Å². The molecule has 120 valence electrons. The molecule has 0 aromatic heterocycles. The van der Waals surface area contributed by atoms with Crippen molar-refractivity contribution in [1.82, 2.24) is 0 Å². The molecule has 0 saturated carbocycles. The fourth-order valence-electron chi connectivity index (χ4n) is 2.06. The molecular weight excluding hydrogens is 556 g/mol. The van der Waals surface area contributed by atoms with Crippen LogP contribution < -0.4 is 0 Å². The molecule has 2 aromatic carbocycles. The van der Waals surface area contributed by atoms with E-state index in [9.17, 15) is 9.59 Å². The van der Waals surface area contributed by atoms with Crippen LogP contribution in [0.15, 0.2) is 48.5 Å². The molecule has 0 aliphatic heterocycles. The summed E-state index contributed by atoms with van der Waals surface area (Å²) in [5.41, 5.74) is 3.55. The van der Waals surface area contributed by atoms with E-state index >= 15 is 0 Å². The molecular formula is C17H12Br4O2. The summed E-state index contributed by atoms with van der Waals surface area (Å²) in [6.07, 6.45) is 0.751. The molecule has 0 aliphatic carbocycles. The number of carbonyl (C=O) groups excluding carboxylic acids is 2. The van der Waals surface area contributed by atoms with E-state index in [1.807, 2.05) is 48.5 Å². The summed E-state index contributed by atoms with van der Waals surface area (Å²) in [7, 11) is 0. The minimum Gasteiger partial charge on any atom is -0.292 e. The van der Waals surface area contributed by atoms with E-state index < -0.39 is 0 Å². The Morgan fingerprint density at radius 3 is 1.22 bits per heavy atom. The van der Waals surface area contributed by atoms with Gasteiger partial charge in [-0.15, -0.1) is 0 Å². The van der Waals surface area contributed by atoms with Crippen LogP contribution in [0.1, 0.15) is 31.8 Å². The monoisotopic (exact) mass is 564 g/mol. The first-order valence-electron chi connectivity index (χ1n) is 6.71. The summed E-state index contributed by atoms with van der Waals surface area (Å²) in [5, 5.41) is 0. The topological polar surface area (TPSA) is 34.1 Å². The summed E-state index contributed by atoms with van der Waals surface area (Å²) in [6.45, 7) is 0. The van der Waals surface area contributed by atoms with Gasteiger partial charge in [0.05, 0.1) is 0 Å². The number of Topliss-reactive ketones (excluding diaryl/α,β-unsaturated/α-hetero) is 2. The Labute approximate surface area is 168 Å². The lowest BCUT2D eigenvalue weighted by Gasteiger charge is -2.06. The molecule has 0 amide bonds. The summed E-state index contributed by atoms with van der Waals surface area (Å²) in [4.78, 5) is 23.7. The van der Waals surface area contributed by atoms with E-state index in [1.54, 1.807) is 0 Å². The van der Waals surface area contributed by atoms with E-state index in [0.717, 1.165) is 17.5 Å². The van der Waals surface area contributed by atoms with Crippen LogP contribution in [0.3, 0.4) is 0 Å². The van der Waals surface area contributed by atoms with Crippen molar-refractivity contribution < 1.29 is 9.59 Å². The Balaban J connectivity index is 2.08. The van der Waals surface area contributed by atoms with Crippen molar-refractivity contribution in [3.05, 3.63) is 70.8 Å². The third kappa shape index (κ3) is 5.34. The predicted molar refractivity (Wildman–Crippen MR) is 108 cm³/mol. The quantitative estimate of drug-likeness (QED) is 0.323. The average Bonchev–Trinajstić information content (AvgIpc) is 2.54. The van der Waals surface area contributed by atoms with Gasteiger partial charge in [0.25, 0.3) is 0 Å². The maximum absolute atomic E-state index is 11.8. The second-order valence-corrected chi connectivity index (χ2v) is 11.0. The zero-order chi connectivity index (χ0) is 17.0. The number of rotatable bonds is 6. The molecule has 2 aromatic rings. The molecule has 0 aliphatic rings. The van der Waals surface area contributed by atoms with Crippen LogP contribution in [0.5, 0.6) is 0 Å². The van der Waals surface area contributed by atoms with Crippen LogP contribution in [0.25, 0.3) is 0 Å². The minimum atomic E-state index is -0.362. The maximum atomic E-state index is 11.8. The number of hydrogen-bond donors (Lipinski definition) is 0. The van der Waals surface area contributed by atoms with Gasteiger partial charge in [0, 0.05) is 11.1 Å². The number of carbonyl (C=O) groups is 2. The number of alkyl halides is 4. The van der Waals surface area contributed by atoms with Crippen molar-refractivity contribution in [2.24, 2.45) is 0 Å². The van der Waals surface area contributed by atoms with E-state index in [0.29, 0.717) is 11.1 Å². The average molecular weight is 568 g/mol. The zero-order valence-electron chi connectivity index (χ0n) is 11.8. The van der Waals surface area contributed by atoms with Crippen LogP contribution >= 0.6 is 63.7 Å². The number of benzene rings is 2. The van der Waals surface area contributed by atoms with Gasteiger partial charge >= 0.3 is 0 Å². The highest BCUT2D eigenvalue weighted by Crippen LogP contribution is 2.19. The number of ketones is 2. The van der Waals surface area contributed by atoms with Crippen LogP contribution in [-0.2, 0) is 6.42 Å². The lowest BCUT2D eigenvalue weighted by molar-refractivity contribution is 0.100. The first-order valence-corrected chi connectivity index (χ1v) is 10.4. The molecule has 23 heavy (non-hydrogen) atoms. The third-order valence-corrected chi connectivity index (χ3v) is 4.94. The van der Waals surface area contributed by atoms with E-state index in [-0.39, 0.29) is 19.0 Å². The molecule has 0 bridgehead atoms. The Kier molecular flexibility index (Phi) is 7.19. The second kappa shape index (κ2) is 8.70. The van der Waals surface area contributed by atoms with Gasteiger partial charge in [0.2, 0.25) is 0 Å². The van der Waals surface area contributed by atoms with Crippen LogP contribution in [0, 0.1) is 0 Å². The molecule has 2 rings (SSSR count). The molecule has 0 radical (unpaired) electrons. The van der Waals surface area contributed by atoms with Gasteiger partial charge in [0.15, 0.2) is 11.6 Å². The van der Waals surface area contributed by atoms with Gasteiger partial charge in [-0.1, -0.05) is 112 Å². The molecule has 0 fully saturated rings. The van der Waals surface area contributed by atoms with Gasteiger partial charge in [-0.3, -0.25) is 9.59 Å². The van der Waals surface area contributed by atoms with E-state index in [2.05, 4.69) is 63.7 Å². The van der Waals surface area contributed by atoms with E-state index in [4.69, 9.17) is 0 Å². The van der Waals surface area contributed by atoms with Gasteiger partial charge in [-0.2, -0.15) is 0 Å².